The van der Waals surface area contributed by atoms with E-state index in [0.717, 1.165) is 51.3 Å². The smallest absolute Gasteiger partial charge is 0.227 e. The van der Waals surface area contributed by atoms with Gasteiger partial charge >= 0.3 is 0 Å². The van der Waals surface area contributed by atoms with E-state index in [4.69, 9.17) is 4.74 Å². The Bertz CT molecular complexity index is 504. The average Bonchev–Trinajstić information content (AvgIpc) is 2.63. The molecule has 0 spiro atoms. The SMILES string of the molecule is CCN1CCN(c2ccc(NC(=O)C3CCOCC3)cc2)CC1. The molecule has 2 aliphatic heterocycles. The van der Waals surface area contributed by atoms with E-state index >= 15 is 0 Å². The second-order valence-corrected chi connectivity index (χ2v) is 6.34. The minimum absolute atomic E-state index is 0.0885. The molecule has 2 saturated heterocycles. The van der Waals surface area contributed by atoms with Crippen LogP contribution < -0.4 is 10.2 Å². The van der Waals surface area contributed by atoms with Crippen molar-refractivity contribution in [2.24, 2.45) is 5.92 Å². The largest absolute Gasteiger partial charge is 0.381 e. The molecule has 126 valence electrons. The summed E-state index contributed by atoms with van der Waals surface area (Å²) in [6.45, 7) is 9.12. The number of carbonyl (C=O) groups is 1. The molecular formula is C18H27N3O2. The number of rotatable bonds is 4. The maximum absolute atomic E-state index is 12.2. The van der Waals surface area contributed by atoms with Crippen molar-refractivity contribution in [3.05, 3.63) is 24.3 Å². The lowest BCUT2D eigenvalue weighted by Crippen LogP contribution is -2.46. The van der Waals surface area contributed by atoms with E-state index < -0.39 is 0 Å². The van der Waals surface area contributed by atoms with Gasteiger partial charge in [-0.2, -0.15) is 0 Å². The van der Waals surface area contributed by atoms with Crippen LogP contribution in [0.15, 0.2) is 24.3 Å². The van der Waals surface area contributed by atoms with E-state index in [1.54, 1.807) is 0 Å². The van der Waals surface area contributed by atoms with E-state index in [9.17, 15) is 4.79 Å². The molecular weight excluding hydrogens is 290 g/mol. The summed E-state index contributed by atoms with van der Waals surface area (Å²) in [6, 6.07) is 8.25. The Labute approximate surface area is 138 Å². The van der Waals surface area contributed by atoms with Gasteiger partial charge in [0.2, 0.25) is 5.91 Å². The van der Waals surface area contributed by atoms with Crippen molar-refractivity contribution in [3.63, 3.8) is 0 Å². The van der Waals surface area contributed by atoms with Gasteiger partial charge in [0.15, 0.2) is 0 Å². The van der Waals surface area contributed by atoms with Crippen LogP contribution in [0.3, 0.4) is 0 Å². The standard InChI is InChI=1S/C18H27N3O2/c1-2-20-9-11-21(12-10-20)17-5-3-16(4-6-17)19-18(22)15-7-13-23-14-8-15/h3-6,15H,2,7-14H2,1H3,(H,19,22). The Balaban J connectivity index is 1.53. The van der Waals surface area contributed by atoms with Gasteiger partial charge in [0.05, 0.1) is 0 Å². The monoisotopic (exact) mass is 317 g/mol. The zero-order valence-corrected chi connectivity index (χ0v) is 14.0. The van der Waals surface area contributed by atoms with Crippen molar-refractivity contribution >= 4 is 17.3 Å². The second kappa shape index (κ2) is 7.79. The number of anilines is 2. The first-order valence-corrected chi connectivity index (χ1v) is 8.72. The normalized spacial score (nSPS) is 20.5. The van der Waals surface area contributed by atoms with Crippen LogP contribution in [-0.4, -0.2) is 56.7 Å². The molecule has 2 fully saturated rings. The van der Waals surface area contributed by atoms with E-state index in [1.807, 2.05) is 12.1 Å². The van der Waals surface area contributed by atoms with Crippen molar-refractivity contribution in [1.29, 1.82) is 0 Å². The molecule has 0 radical (unpaired) electrons. The lowest BCUT2D eigenvalue weighted by atomic mass is 9.99. The Morgan fingerprint density at radius 1 is 1.13 bits per heavy atom. The summed E-state index contributed by atoms with van der Waals surface area (Å²) in [6.07, 6.45) is 1.65. The van der Waals surface area contributed by atoms with Crippen LogP contribution >= 0.6 is 0 Å². The van der Waals surface area contributed by atoms with E-state index in [2.05, 4.69) is 34.2 Å². The molecule has 1 amide bonds. The van der Waals surface area contributed by atoms with Gasteiger partial charge in [0.25, 0.3) is 0 Å². The van der Waals surface area contributed by atoms with Gasteiger partial charge in [0.1, 0.15) is 0 Å². The molecule has 2 aliphatic rings. The van der Waals surface area contributed by atoms with Gasteiger partial charge in [-0.25, -0.2) is 0 Å². The van der Waals surface area contributed by atoms with Crippen LogP contribution in [-0.2, 0) is 9.53 Å². The molecule has 3 rings (SSSR count). The molecule has 5 nitrogen and oxygen atoms in total. The highest BCUT2D eigenvalue weighted by Gasteiger charge is 2.21. The Morgan fingerprint density at radius 3 is 2.39 bits per heavy atom. The van der Waals surface area contributed by atoms with Gasteiger partial charge < -0.3 is 19.9 Å². The number of nitrogens with one attached hydrogen (secondary N) is 1. The first-order valence-electron chi connectivity index (χ1n) is 8.72. The maximum Gasteiger partial charge on any atom is 0.227 e. The van der Waals surface area contributed by atoms with Gasteiger partial charge in [-0.3, -0.25) is 4.79 Å². The topological polar surface area (TPSA) is 44.8 Å². The summed E-state index contributed by atoms with van der Waals surface area (Å²) in [5, 5.41) is 3.04. The zero-order chi connectivity index (χ0) is 16.1. The number of amides is 1. The minimum atomic E-state index is 0.0885. The Morgan fingerprint density at radius 2 is 1.78 bits per heavy atom. The predicted molar refractivity (Wildman–Crippen MR) is 92.9 cm³/mol. The molecule has 0 saturated carbocycles. The fourth-order valence-corrected chi connectivity index (χ4v) is 3.28. The number of likely N-dealkylation sites (N-methyl/N-ethyl adjacent to an activating group) is 1. The van der Waals surface area contributed by atoms with E-state index in [-0.39, 0.29) is 11.8 Å². The number of hydrogen-bond acceptors (Lipinski definition) is 4. The summed E-state index contributed by atoms with van der Waals surface area (Å²) in [5.41, 5.74) is 2.13. The molecule has 0 atom stereocenters. The zero-order valence-electron chi connectivity index (χ0n) is 14.0. The molecule has 1 N–H and O–H groups in total. The second-order valence-electron chi connectivity index (χ2n) is 6.34. The minimum Gasteiger partial charge on any atom is -0.381 e. The Hall–Kier alpha value is -1.59. The van der Waals surface area contributed by atoms with Crippen molar-refractivity contribution < 1.29 is 9.53 Å². The fourth-order valence-electron chi connectivity index (χ4n) is 3.28. The fraction of sp³-hybridized carbons (Fsp3) is 0.611. The van der Waals surface area contributed by atoms with E-state index in [0.29, 0.717) is 13.2 Å². The lowest BCUT2D eigenvalue weighted by molar-refractivity contribution is -0.122. The first-order chi connectivity index (χ1) is 11.3. The van der Waals surface area contributed by atoms with Crippen molar-refractivity contribution in [2.75, 3.05) is 56.2 Å². The summed E-state index contributed by atoms with van der Waals surface area (Å²) in [5.74, 6) is 0.211. The third kappa shape index (κ3) is 4.24. The number of benzene rings is 1. The van der Waals surface area contributed by atoms with Gasteiger partial charge in [-0.05, 0) is 43.7 Å². The number of ether oxygens (including phenoxy) is 1. The van der Waals surface area contributed by atoms with Crippen LogP contribution in [0.4, 0.5) is 11.4 Å². The van der Waals surface area contributed by atoms with E-state index in [1.165, 1.54) is 5.69 Å². The van der Waals surface area contributed by atoms with Crippen LogP contribution in [0.2, 0.25) is 0 Å². The molecule has 2 heterocycles. The molecule has 0 unspecified atom stereocenters. The molecule has 0 bridgehead atoms. The summed E-state index contributed by atoms with van der Waals surface area (Å²) in [4.78, 5) is 17.1. The molecule has 5 heteroatoms. The third-order valence-electron chi connectivity index (χ3n) is 4.91. The summed E-state index contributed by atoms with van der Waals surface area (Å²) < 4.78 is 5.31. The molecule has 23 heavy (non-hydrogen) atoms. The quantitative estimate of drug-likeness (QED) is 0.925. The molecule has 1 aromatic carbocycles. The van der Waals surface area contributed by atoms with Gasteiger partial charge in [-0.1, -0.05) is 6.92 Å². The van der Waals surface area contributed by atoms with Crippen molar-refractivity contribution in [3.8, 4) is 0 Å². The predicted octanol–water partition coefficient (Wildman–Crippen LogP) is 2.19. The van der Waals surface area contributed by atoms with Gasteiger partial charge in [-0.15, -0.1) is 0 Å². The molecule has 0 aromatic heterocycles. The first kappa shape index (κ1) is 16.3. The van der Waals surface area contributed by atoms with Crippen molar-refractivity contribution in [2.45, 2.75) is 19.8 Å². The highest BCUT2D eigenvalue weighted by atomic mass is 16.5. The summed E-state index contributed by atoms with van der Waals surface area (Å²) in [7, 11) is 0. The number of hydrogen-bond donors (Lipinski definition) is 1. The van der Waals surface area contributed by atoms with Gasteiger partial charge in [0, 0.05) is 56.7 Å². The number of carbonyl (C=O) groups excluding carboxylic acids is 1. The summed E-state index contributed by atoms with van der Waals surface area (Å²) >= 11 is 0. The highest BCUT2D eigenvalue weighted by Crippen LogP contribution is 2.21. The average molecular weight is 317 g/mol. The molecule has 0 aliphatic carbocycles. The van der Waals surface area contributed by atoms with Crippen molar-refractivity contribution in [1.82, 2.24) is 4.90 Å². The van der Waals surface area contributed by atoms with Crippen LogP contribution in [0.25, 0.3) is 0 Å². The maximum atomic E-state index is 12.2. The van der Waals surface area contributed by atoms with Crippen LogP contribution in [0, 0.1) is 5.92 Å². The van der Waals surface area contributed by atoms with Crippen LogP contribution in [0.5, 0.6) is 0 Å². The third-order valence-corrected chi connectivity index (χ3v) is 4.91. The molecule has 1 aromatic rings. The van der Waals surface area contributed by atoms with Crippen LogP contribution in [0.1, 0.15) is 19.8 Å². The lowest BCUT2D eigenvalue weighted by Gasteiger charge is -2.35. The Kier molecular flexibility index (Phi) is 5.51. The number of piperazine rings is 1. The number of nitrogens with zero attached hydrogens (tertiary/aromatic N) is 2. The highest BCUT2D eigenvalue weighted by molar-refractivity contribution is 5.92.